The van der Waals surface area contributed by atoms with Crippen LogP contribution in [-0.4, -0.2) is 54.9 Å². The lowest BCUT2D eigenvalue weighted by Gasteiger charge is -2.39. The lowest BCUT2D eigenvalue weighted by Crippen LogP contribution is -2.47. The van der Waals surface area contributed by atoms with Crippen LogP contribution >= 0.6 is 0 Å². The van der Waals surface area contributed by atoms with Crippen molar-refractivity contribution in [3.63, 3.8) is 0 Å². The van der Waals surface area contributed by atoms with Crippen molar-refractivity contribution < 1.29 is 22.6 Å². The van der Waals surface area contributed by atoms with E-state index in [0.29, 0.717) is 35.9 Å². The molecule has 3 heterocycles. The Kier molecular flexibility index (Phi) is 7.50. The topological polar surface area (TPSA) is 51.5 Å². The summed E-state index contributed by atoms with van der Waals surface area (Å²) in [6.07, 6.45) is -3.48. The molecule has 0 aliphatic carbocycles. The number of aromatic nitrogens is 2. The van der Waals surface area contributed by atoms with Gasteiger partial charge < -0.3 is 14.8 Å². The monoisotopic (exact) mass is 546 g/mol. The van der Waals surface area contributed by atoms with Crippen LogP contribution in [0.2, 0.25) is 25.7 Å². The molecule has 2 aliphatic rings. The van der Waals surface area contributed by atoms with Crippen LogP contribution in [0.4, 0.5) is 18.9 Å². The first-order valence-electron chi connectivity index (χ1n) is 13.4. The minimum atomic E-state index is -4.60. The number of imidazole rings is 1. The Labute approximate surface area is 223 Å². The van der Waals surface area contributed by atoms with E-state index >= 15 is 0 Å². The van der Waals surface area contributed by atoms with Crippen molar-refractivity contribution in [2.45, 2.75) is 64.0 Å². The van der Waals surface area contributed by atoms with Crippen LogP contribution in [0.1, 0.15) is 30.8 Å². The molecule has 38 heavy (non-hydrogen) atoms. The number of nitrogens with one attached hydrogen (secondary N) is 1. The van der Waals surface area contributed by atoms with E-state index < -0.39 is 20.1 Å². The molecule has 3 aromatic rings. The highest BCUT2D eigenvalue weighted by atomic mass is 28.3. The molecule has 1 aromatic heterocycles. The fourth-order valence-corrected chi connectivity index (χ4v) is 6.18. The largest absolute Gasteiger partial charge is 0.491 e. The highest BCUT2D eigenvalue weighted by Crippen LogP contribution is 2.40. The summed E-state index contributed by atoms with van der Waals surface area (Å²) in [7, 11) is -1.36. The fraction of sp³-hybridized carbons (Fsp3) is 0.536. The number of benzene rings is 2. The van der Waals surface area contributed by atoms with Gasteiger partial charge in [-0.15, -0.1) is 0 Å². The molecule has 1 saturated heterocycles. The predicted molar refractivity (Wildman–Crippen MR) is 146 cm³/mol. The van der Waals surface area contributed by atoms with E-state index in [2.05, 4.69) is 41.8 Å². The van der Waals surface area contributed by atoms with Crippen molar-refractivity contribution in [1.82, 2.24) is 14.5 Å². The zero-order valence-electron chi connectivity index (χ0n) is 22.5. The van der Waals surface area contributed by atoms with Gasteiger partial charge in [0.05, 0.1) is 23.3 Å². The lowest BCUT2D eigenvalue weighted by atomic mass is 9.94. The number of rotatable bonds is 8. The Morgan fingerprint density at radius 2 is 1.92 bits per heavy atom. The minimum absolute atomic E-state index is 0.0548. The first-order chi connectivity index (χ1) is 18.0. The van der Waals surface area contributed by atoms with E-state index in [-0.39, 0.29) is 18.8 Å². The van der Waals surface area contributed by atoms with E-state index in [4.69, 9.17) is 9.47 Å². The van der Waals surface area contributed by atoms with Crippen LogP contribution in [-0.2, 0) is 17.6 Å². The number of para-hydroxylation sites is 2. The Morgan fingerprint density at radius 3 is 2.63 bits per heavy atom. The lowest BCUT2D eigenvalue weighted by molar-refractivity contribution is -0.149. The first-order valence-corrected chi connectivity index (χ1v) is 17.1. The van der Waals surface area contributed by atoms with E-state index in [1.165, 1.54) is 0 Å². The second-order valence-corrected chi connectivity index (χ2v) is 17.4. The molecular formula is C28H37F3N4O2Si. The molecule has 6 nitrogen and oxygen atoms in total. The zero-order chi connectivity index (χ0) is 27.1. The zero-order valence-corrected chi connectivity index (χ0v) is 23.5. The minimum Gasteiger partial charge on any atom is -0.491 e. The Hall–Kier alpha value is -2.56. The van der Waals surface area contributed by atoms with Gasteiger partial charge in [-0.2, -0.15) is 13.2 Å². The third kappa shape index (κ3) is 5.72. The number of fused-ring (bicyclic) bond motifs is 2. The van der Waals surface area contributed by atoms with Gasteiger partial charge in [0.2, 0.25) is 5.82 Å². The van der Waals surface area contributed by atoms with E-state index in [1.54, 1.807) is 12.1 Å². The Balaban J connectivity index is 1.49. The van der Waals surface area contributed by atoms with Crippen molar-refractivity contribution in [2.75, 3.05) is 31.6 Å². The number of alkyl halides is 3. The maximum atomic E-state index is 14.1. The van der Waals surface area contributed by atoms with Crippen molar-refractivity contribution in [3.05, 3.63) is 53.9 Å². The maximum Gasteiger partial charge on any atom is 0.449 e. The molecular weight excluding hydrogens is 509 g/mol. The highest BCUT2D eigenvalue weighted by molar-refractivity contribution is 6.76. The second-order valence-electron chi connectivity index (χ2n) is 11.8. The quantitative estimate of drug-likeness (QED) is 0.254. The van der Waals surface area contributed by atoms with Crippen molar-refractivity contribution in [1.29, 1.82) is 0 Å². The summed E-state index contributed by atoms with van der Waals surface area (Å²) in [5.74, 6) is 0.465. The SMILES string of the molecule is C[C@@H]1CCN([C@H]2COc3ccccc3[C@@H]2Nc2cccc3c2nc(C(F)(F)F)n3COCC[Si](C)(C)C)C1. The molecule has 0 spiro atoms. The van der Waals surface area contributed by atoms with Gasteiger partial charge in [0.1, 0.15) is 24.6 Å². The summed E-state index contributed by atoms with van der Waals surface area (Å²) in [5, 5.41) is 3.60. The number of hydrogen-bond donors (Lipinski definition) is 1. The molecule has 0 bridgehead atoms. The van der Waals surface area contributed by atoms with Gasteiger partial charge in [-0.1, -0.05) is 50.8 Å². The highest BCUT2D eigenvalue weighted by Gasteiger charge is 2.40. The van der Waals surface area contributed by atoms with Gasteiger partial charge >= 0.3 is 6.18 Å². The van der Waals surface area contributed by atoms with Crippen molar-refractivity contribution in [3.8, 4) is 5.75 Å². The summed E-state index contributed by atoms with van der Waals surface area (Å²) in [4.78, 5) is 6.56. The average molecular weight is 547 g/mol. The maximum absolute atomic E-state index is 14.1. The van der Waals surface area contributed by atoms with E-state index in [1.807, 2.05) is 30.3 Å². The average Bonchev–Trinajstić information content (AvgIpc) is 3.45. The Morgan fingerprint density at radius 1 is 1.13 bits per heavy atom. The summed E-state index contributed by atoms with van der Waals surface area (Å²) in [6.45, 7) is 11.6. The number of anilines is 1. The summed E-state index contributed by atoms with van der Waals surface area (Å²) in [5.41, 5.74) is 2.28. The third-order valence-electron chi connectivity index (χ3n) is 7.53. The molecule has 5 rings (SSSR count). The Bertz CT molecular complexity index is 1270. The molecule has 1 fully saturated rings. The van der Waals surface area contributed by atoms with Crippen LogP contribution in [0.15, 0.2) is 42.5 Å². The predicted octanol–water partition coefficient (Wildman–Crippen LogP) is 6.62. The van der Waals surface area contributed by atoms with Crippen molar-refractivity contribution in [2.24, 2.45) is 5.92 Å². The molecule has 3 atom stereocenters. The normalized spacial score (nSPS) is 22.4. The van der Waals surface area contributed by atoms with Gasteiger partial charge in [-0.3, -0.25) is 9.47 Å². The molecule has 2 aromatic carbocycles. The molecule has 0 unspecified atom stereocenters. The smallest absolute Gasteiger partial charge is 0.449 e. The number of nitrogens with zero attached hydrogens (tertiary/aromatic N) is 3. The summed E-state index contributed by atoms with van der Waals surface area (Å²) in [6, 6.07) is 14.0. The van der Waals surface area contributed by atoms with Crippen molar-refractivity contribution >= 4 is 24.8 Å². The standard InChI is InChI=1S/C28H37F3N4O2Si/c1-19-12-13-34(16-19)23-17-37-24-11-6-5-8-20(24)25(23)32-21-9-7-10-22-26(21)33-27(28(29,30)31)35(22)18-36-14-15-38(2,3)4/h5-11,19,23,25,32H,12-18H2,1-4H3/t19-,23+,25+/m1/s1. The molecule has 10 heteroatoms. The number of halogens is 3. The number of hydrogen-bond acceptors (Lipinski definition) is 5. The van der Waals surface area contributed by atoms with Crippen LogP contribution in [0.25, 0.3) is 11.0 Å². The molecule has 1 N–H and O–H groups in total. The van der Waals surface area contributed by atoms with E-state index in [9.17, 15) is 13.2 Å². The van der Waals surface area contributed by atoms with E-state index in [0.717, 1.165) is 41.4 Å². The molecule has 0 radical (unpaired) electrons. The fourth-order valence-electron chi connectivity index (χ4n) is 5.42. The third-order valence-corrected chi connectivity index (χ3v) is 9.24. The first kappa shape index (κ1) is 27.0. The van der Waals surface area contributed by atoms with Gasteiger partial charge in [0.15, 0.2) is 0 Å². The summed E-state index contributed by atoms with van der Waals surface area (Å²) < 4.78 is 55.3. The molecule has 0 amide bonds. The number of likely N-dealkylation sites (tertiary alicyclic amines) is 1. The van der Waals surface area contributed by atoms with Gasteiger partial charge in [0, 0.05) is 26.8 Å². The molecule has 2 aliphatic heterocycles. The van der Waals surface area contributed by atoms with Crippen LogP contribution in [0.5, 0.6) is 5.75 Å². The van der Waals surface area contributed by atoms with Gasteiger partial charge in [-0.05, 0) is 43.1 Å². The van der Waals surface area contributed by atoms with Gasteiger partial charge in [-0.25, -0.2) is 4.98 Å². The second kappa shape index (κ2) is 10.5. The number of ether oxygens (including phenoxy) is 2. The van der Waals surface area contributed by atoms with Gasteiger partial charge in [0.25, 0.3) is 0 Å². The molecule has 206 valence electrons. The molecule has 0 saturated carbocycles. The van der Waals surface area contributed by atoms with Crippen LogP contribution < -0.4 is 10.1 Å². The van der Waals surface area contributed by atoms with Crippen LogP contribution in [0.3, 0.4) is 0 Å². The summed E-state index contributed by atoms with van der Waals surface area (Å²) >= 11 is 0. The van der Waals surface area contributed by atoms with Crippen LogP contribution in [0, 0.1) is 5.92 Å².